The Hall–Kier alpha value is -3.54. The van der Waals surface area contributed by atoms with Gasteiger partial charge < -0.3 is 15.9 Å². The number of aromatic hydroxyl groups is 2. The maximum absolute atomic E-state index is 10.2. The Bertz CT molecular complexity index is 1060. The van der Waals surface area contributed by atoms with E-state index in [4.69, 9.17) is 5.73 Å². The summed E-state index contributed by atoms with van der Waals surface area (Å²) in [5, 5.41) is 19.8. The molecule has 0 fully saturated rings. The van der Waals surface area contributed by atoms with E-state index in [1.54, 1.807) is 24.4 Å². The Morgan fingerprint density at radius 1 is 0.958 bits per heavy atom. The standard InChI is InChI=1S/C18H14N4O2/c19-11-3-1-4-12(9-11)22-17(14-7-6-13(23)10-16(14)24)21-15-5-2-8-20-18(15)22/h1-10,23-24H,19H2. The first-order valence-electron chi connectivity index (χ1n) is 7.35. The molecule has 0 bridgehead atoms. The molecule has 0 saturated carbocycles. The van der Waals surface area contributed by atoms with E-state index in [1.165, 1.54) is 12.1 Å². The van der Waals surface area contributed by atoms with Crippen molar-refractivity contribution in [3.05, 3.63) is 60.8 Å². The lowest BCUT2D eigenvalue weighted by molar-refractivity contribution is 0.451. The van der Waals surface area contributed by atoms with Crippen LogP contribution in [0.15, 0.2) is 60.8 Å². The molecule has 118 valence electrons. The van der Waals surface area contributed by atoms with E-state index in [2.05, 4.69) is 9.97 Å². The van der Waals surface area contributed by atoms with Gasteiger partial charge in [0.25, 0.3) is 0 Å². The normalized spacial score (nSPS) is 11.0. The van der Waals surface area contributed by atoms with Gasteiger partial charge in [-0.3, -0.25) is 4.57 Å². The number of hydrogen-bond donors (Lipinski definition) is 3. The molecule has 6 heteroatoms. The Morgan fingerprint density at radius 2 is 1.83 bits per heavy atom. The number of rotatable bonds is 2. The number of imidazole rings is 1. The number of phenolic OH excluding ortho intramolecular Hbond substituents is 2. The van der Waals surface area contributed by atoms with Crippen molar-refractivity contribution in [2.24, 2.45) is 0 Å². The molecule has 4 rings (SSSR count). The monoisotopic (exact) mass is 318 g/mol. The Balaban J connectivity index is 2.07. The molecule has 2 aromatic carbocycles. The minimum Gasteiger partial charge on any atom is -0.508 e. The van der Waals surface area contributed by atoms with Gasteiger partial charge >= 0.3 is 0 Å². The number of nitrogens with zero attached hydrogens (tertiary/aromatic N) is 3. The van der Waals surface area contributed by atoms with Crippen molar-refractivity contribution in [1.82, 2.24) is 14.5 Å². The van der Waals surface area contributed by atoms with Crippen LogP contribution in [0.4, 0.5) is 5.69 Å². The smallest absolute Gasteiger partial charge is 0.164 e. The van der Waals surface area contributed by atoms with Crippen LogP contribution in [0.3, 0.4) is 0 Å². The lowest BCUT2D eigenvalue weighted by atomic mass is 10.1. The average molecular weight is 318 g/mol. The van der Waals surface area contributed by atoms with Crippen LogP contribution >= 0.6 is 0 Å². The summed E-state index contributed by atoms with van der Waals surface area (Å²) in [5.74, 6) is 0.447. The van der Waals surface area contributed by atoms with Crippen LogP contribution in [-0.4, -0.2) is 24.7 Å². The first-order chi connectivity index (χ1) is 11.6. The van der Waals surface area contributed by atoms with Gasteiger partial charge in [-0.15, -0.1) is 0 Å². The molecule has 0 spiro atoms. The van der Waals surface area contributed by atoms with E-state index in [0.29, 0.717) is 28.2 Å². The van der Waals surface area contributed by atoms with E-state index in [0.717, 1.165) is 5.69 Å². The molecule has 0 amide bonds. The zero-order valence-electron chi connectivity index (χ0n) is 12.6. The summed E-state index contributed by atoms with van der Waals surface area (Å²) in [4.78, 5) is 9.01. The summed E-state index contributed by atoms with van der Waals surface area (Å²) in [6.07, 6.45) is 1.69. The second-order valence-corrected chi connectivity index (χ2v) is 5.41. The second-order valence-electron chi connectivity index (χ2n) is 5.41. The summed E-state index contributed by atoms with van der Waals surface area (Å²) < 4.78 is 1.83. The van der Waals surface area contributed by atoms with Crippen LogP contribution in [-0.2, 0) is 0 Å². The van der Waals surface area contributed by atoms with Crippen LogP contribution in [0.25, 0.3) is 28.2 Å². The summed E-state index contributed by atoms with van der Waals surface area (Å²) in [5.41, 5.74) is 9.17. The first kappa shape index (κ1) is 14.1. The number of pyridine rings is 1. The van der Waals surface area contributed by atoms with Gasteiger partial charge in [-0.25, -0.2) is 9.97 Å². The molecule has 0 saturated heterocycles. The molecule has 0 aliphatic heterocycles. The van der Waals surface area contributed by atoms with Gasteiger partial charge in [0.1, 0.15) is 17.0 Å². The van der Waals surface area contributed by atoms with Crippen molar-refractivity contribution in [3.8, 4) is 28.6 Å². The third-order valence-corrected chi connectivity index (χ3v) is 3.77. The predicted molar refractivity (Wildman–Crippen MR) is 92.0 cm³/mol. The van der Waals surface area contributed by atoms with E-state index < -0.39 is 0 Å². The van der Waals surface area contributed by atoms with Crippen molar-refractivity contribution >= 4 is 16.9 Å². The molecule has 0 aliphatic carbocycles. The number of benzene rings is 2. The maximum Gasteiger partial charge on any atom is 0.164 e. The number of fused-ring (bicyclic) bond motifs is 1. The highest BCUT2D eigenvalue weighted by atomic mass is 16.3. The van der Waals surface area contributed by atoms with Crippen LogP contribution in [0, 0.1) is 0 Å². The molecule has 24 heavy (non-hydrogen) atoms. The number of aromatic nitrogens is 3. The van der Waals surface area contributed by atoms with E-state index in [-0.39, 0.29) is 11.5 Å². The highest BCUT2D eigenvalue weighted by Crippen LogP contribution is 2.35. The van der Waals surface area contributed by atoms with Crippen molar-refractivity contribution in [1.29, 1.82) is 0 Å². The summed E-state index contributed by atoms with van der Waals surface area (Å²) >= 11 is 0. The fraction of sp³-hybridized carbons (Fsp3) is 0. The Labute approximate surface area is 137 Å². The minimum absolute atomic E-state index is 0.0130. The maximum atomic E-state index is 10.2. The van der Waals surface area contributed by atoms with E-state index in [9.17, 15) is 10.2 Å². The molecule has 0 atom stereocenters. The molecular weight excluding hydrogens is 304 g/mol. The van der Waals surface area contributed by atoms with E-state index >= 15 is 0 Å². The zero-order chi connectivity index (χ0) is 16.7. The number of phenols is 2. The molecule has 0 unspecified atom stereocenters. The SMILES string of the molecule is Nc1cccc(-n2c(-c3ccc(O)cc3O)nc3cccnc32)c1. The highest BCUT2D eigenvalue weighted by Gasteiger charge is 2.18. The number of hydrogen-bond acceptors (Lipinski definition) is 5. The first-order valence-corrected chi connectivity index (χ1v) is 7.35. The van der Waals surface area contributed by atoms with Gasteiger partial charge in [-0.05, 0) is 42.5 Å². The second kappa shape index (κ2) is 5.27. The largest absolute Gasteiger partial charge is 0.508 e. The van der Waals surface area contributed by atoms with Crippen LogP contribution < -0.4 is 5.73 Å². The topological polar surface area (TPSA) is 97.2 Å². The van der Waals surface area contributed by atoms with Crippen molar-refractivity contribution in [3.63, 3.8) is 0 Å². The molecule has 0 radical (unpaired) electrons. The molecule has 4 aromatic rings. The fourth-order valence-electron chi connectivity index (χ4n) is 2.71. The lowest BCUT2D eigenvalue weighted by Crippen LogP contribution is -1.99. The van der Waals surface area contributed by atoms with Crippen LogP contribution in [0.2, 0.25) is 0 Å². The number of nitrogens with two attached hydrogens (primary N) is 1. The third-order valence-electron chi connectivity index (χ3n) is 3.77. The quantitative estimate of drug-likeness (QED) is 0.493. The van der Waals surface area contributed by atoms with Gasteiger partial charge in [-0.2, -0.15) is 0 Å². The zero-order valence-corrected chi connectivity index (χ0v) is 12.6. The highest BCUT2D eigenvalue weighted by molar-refractivity contribution is 5.82. The fourth-order valence-corrected chi connectivity index (χ4v) is 2.71. The van der Waals surface area contributed by atoms with Gasteiger partial charge in [-0.1, -0.05) is 6.07 Å². The molecule has 4 N–H and O–H groups in total. The molecule has 6 nitrogen and oxygen atoms in total. The van der Waals surface area contributed by atoms with Gasteiger partial charge in [0.05, 0.1) is 11.3 Å². The lowest BCUT2D eigenvalue weighted by Gasteiger charge is -2.10. The molecule has 2 aromatic heterocycles. The third kappa shape index (κ3) is 2.21. The number of nitrogen functional groups attached to an aromatic ring is 1. The van der Waals surface area contributed by atoms with Crippen LogP contribution in [0.1, 0.15) is 0 Å². The molecular formula is C18H14N4O2. The van der Waals surface area contributed by atoms with Gasteiger partial charge in [0.15, 0.2) is 11.5 Å². The predicted octanol–water partition coefficient (Wildman–Crippen LogP) is 3.08. The molecule has 0 aliphatic rings. The number of anilines is 1. The van der Waals surface area contributed by atoms with Gasteiger partial charge in [0.2, 0.25) is 0 Å². The Kier molecular flexibility index (Phi) is 3.09. The van der Waals surface area contributed by atoms with E-state index in [1.807, 2.05) is 28.8 Å². The molecule has 2 heterocycles. The van der Waals surface area contributed by atoms with Gasteiger partial charge in [0, 0.05) is 18.0 Å². The van der Waals surface area contributed by atoms with Crippen molar-refractivity contribution in [2.75, 3.05) is 5.73 Å². The summed E-state index contributed by atoms with van der Waals surface area (Å²) in [6, 6.07) is 15.4. The summed E-state index contributed by atoms with van der Waals surface area (Å²) in [7, 11) is 0. The minimum atomic E-state index is -0.0598. The average Bonchev–Trinajstić information content (AvgIpc) is 2.94. The van der Waals surface area contributed by atoms with Crippen LogP contribution in [0.5, 0.6) is 11.5 Å². The van der Waals surface area contributed by atoms with Crippen molar-refractivity contribution in [2.45, 2.75) is 0 Å². The Morgan fingerprint density at radius 3 is 2.62 bits per heavy atom. The summed E-state index contributed by atoms with van der Waals surface area (Å²) in [6.45, 7) is 0. The van der Waals surface area contributed by atoms with Crippen molar-refractivity contribution < 1.29 is 10.2 Å².